The summed E-state index contributed by atoms with van der Waals surface area (Å²) >= 11 is 0. The number of H-pyrrole nitrogens is 2. The predicted octanol–water partition coefficient (Wildman–Crippen LogP) is 3.51. The number of benzene rings is 2. The van der Waals surface area contributed by atoms with Crippen molar-refractivity contribution in [1.82, 2.24) is 20.3 Å². The number of carbonyl (C=O) groups is 1. The predicted molar refractivity (Wildman–Crippen MR) is 117 cm³/mol. The fourth-order valence-corrected chi connectivity index (χ4v) is 3.67. The summed E-state index contributed by atoms with van der Waals surface area (Å²) < 4.78 is 0. The van der Waals surface area contributed by atoms with Gasteiger partial charge in [-0.3, -0.25) is 9.59 Å². The normalized spacial score (nSPS) is 12.1. The van der Waals surface area contributed by atoms with Crippen LogP contribution in [0.25, 0.3) is 10.9 Å². The molecule has 0 saturated heterocycles. The molecule has 0 aliphatic rings. The van der Waals surface area contributed by atoms with Crippen molar-refractivity contribution >= 4 is 16.8 Å². The first-order valence-corrected chi connectivity index (χ1v) is 9.96. The van der Waals surface area contributed by atoms with Crippen LogP contribution >= 0.6 is 0 Å². The molecule has 0 bridgehead atoms. The molecule has 1 atom stereocenters. The number of hydrogen-bond acceptors (Lipinski definition) is 3. The number of aromatic amines is 2. The summed E-state index contributed by atoms with van der Waals surface area (Å²) in [6, 6.07) is 17.0. The molecule has 1 amide bonds. The second-order valence-corrected chi connectivity index (χ2v) is 7.60. The highest BCUT2D eigenvalue weighted by Crippen LogP contribution is 2.23. The van der Waals surface area contributed by atoms with E-state index in [1.807, 2.05) is 61.7 Å². The number of rotatable bonds is 6. The number of fused-ring (bicyclic) bond motifs is 1. The van der Waals surface area contributed by atoms with Gasteiger partial charge in [-0.2, -0.15) is 0 Å². The second kappa shape index (κ2) is 8.37. The maximum absolute atomic E-state index is 12.8. The number of aryl methyl sites for hydroxylation is 2. The SMILES string of the molecule is Cc1ccc(CC(=O)NC(Cc2c[nH]c3ccccc23)c2cc(=O)[nH]c(C)n2)cc1. The molecule has 4 rings (SSSR count). The van der Waals surface area contributed by atoms with Gasteiger partial charge >= 0.3 is 0 Å². The molecule has 30 heavy (non-hydrogen) atoms. The van der Waals surface area contributed by atoms with Gasteiger partial charge in [-0.1, -0.05) is 48.0 Å². The van der Waals surface area contributed by atoms with Crippen molar-refractivity contribution in [1.29, 1.82) is 0 Å². The Morgan fingerprint density at radius 3 is 2.63 bits per heavy atom. The van der Waals surface area contributed by atoms with Crippen molar-refractivity contribution in [2.45, 2.75) is 32.7 Å². The van der Waals surface area contributed by atoms with Crippen LogP contribution in [0.5, 0.6) is 0 Å². The standard InChI is InChI=1S/C24H24N4O2/c1-15-7-9-17(10-8-15)11-23(29)28-21(22-13-24(30)27-16(2)26-22)12-18-14-25-20-6-4-3-5-19(18)20/h3-10,13-14,21,25H,11-12H2,1-2H3,(H,28,29)(H,26,27,30). The molecule has 4 aromatic rings. The fraction of sp³-hybridized carbons (Fsp3) is 0.208. The quantitative estimate of drug-likeness (QED) is 0.463. The highest BCUT2D eigenvalue weighted by atomic mass is 16.1. The highest BCUT2D eigenvalue weighted by molar-refractivity contribution is 5.83. The Bertz CT molecular complexity index is 1240. The lowest BCUT2D eigenvalue weighted by Crippen LogP contribution is -2.32. The average Bonchev–Trinajstić information content (AvgIpc) is 3.11. The first-order valence-electron chi connectivity index (χ1n) is 9.96. The van der Waals surface area contributed by atoms with Crippen LogP contribution < -0.4 is 10.9 Å². The molecule has 0 fully saturated rings. The van der Waals surface area contributed by atoms with E-state index in [0.717, 1.165) is 27.6 Å². The van der Waals surface area contributed by atoms with E-state index in [2.05, 4.69) is 20.3 Å². The molecule has 6 nitrogen and oxygen atoms in total. The first-order chi connectivity index (χ1) is 14.5. The summed E-state index contributed by atoms with van der Waals surface area (Å²) in [6.45, 7) is 3.75. The molecular weight excluding hydrogens is 376 g/mol. The highest BCUT2D eigenvalue weighted by Gasteiger charge is 2.20. The van der Waals surface area contributed by atoms with Crippen molar-refractivity contribution < 1.29 is 4.79 Å². The van der Waals surface area contributed by atoms with Crippen molar-refractivity contribution in [2.75, 3.05) is 0 Å². The van der Waals surface area contributed by atoms with Gasteiger partial charge in [0, 0.05) is 29.6 Å². The molecule has 1 unspecified atom stereocenters. The molecule has 0 aliphatic carbocycles. The Morgan fingerprint density at radius 2 is 1.87 bits per heavy atom. The molecule has 6 heteroatoms. The van der Waals surface area contributed by atoms with Crippen molar-refractivity contribution in [3.8, 4) is 0 Å². The van der Waals surface area contributed by atoms with Crippen molar-refractivity contribution in [3.63, 3.8) is 0 Å². The van der Waals surface area contributed by atoms with E-state index in [4.69, 9.17) is 0 Å². The molecule has 2 aromatic carbocycles. The summed E-state index contributed by atoms with van der Waals surface area (Å²) in [6.07, 6.45) is 2.75. The van der Waals surface area contributed by atoms with E-state index in [0.29, 0.717) is 17.9 Å². The zero-order chi connectivity index (χ0) is 21.1. The number of amides is 1. The van der Waals surface area contributed by atoms with Gasteiger partial charge in [-0.25, -0.2) is 4.98 Å². The van der Waals surface area contributed by atoms with Gasteiger partial charge in [0.25, 0.3) is 5.56 Å². The molecule has 0 spiro atoms. The number of para-hydroxylation sites is 1. The molecule has 0 saturated carbocycles. The molecule has 2 aromatic heterocycles. The molecule has 3 N–H and O–H groups in total. The van der Waals surface area contributed by atoms with E-state index in [9.17, 15) is 9.59 Å². The molecular formula is C24H24N4O2. The topological polar surface area (TPSA) is 90.6 Å². The van der Waals surface area contributed by atoms with Crippen LogP contribution in [0.3, 0.4) is 0 Å². The van der Waals surface area contributed by atoms with Gasteiger partial charge in [-0.15, -0.1) is 0 Å². The van der Waals surface area contributed by atoms with Gasteiger partial charge < -0.3 is 15.3 Å². The maximum Gasteiger partial charge on any atom is 0.251 e. The van der Waals surface area contributed by atoms with Crippen LogP contribution in [0.1, 0.15) is 34.3 Å². The number of aromatic nitrogens is 3. The molecule has 0 aliphatic heterocycles. The first kappa shape index (κ1) is 19.6. The zero-order valence-corrected chi connectivity index (χ0v) is 17.0. The Kier molecular flexibility index (Phi) is 5.48. The fourth-order valence-electron chi connectivity index (χ4n) is 3.67. The number of carbonyl (C=O) groups excluding carboxylic acids is 1. The monoisotopic (exact) mass is 400 g/mol. The third-order valence-electron chi connectivity index (χ3n) is 5.16. The number of hydrogen-bond donors (Lipinski definition) is 3. The third-order valence-corrected chi connectivity index (χ3v) is 5.16. The maximum atomic E-state index is 12.8. The van der Waals surface area contributed by atoms with Gasteiger partial charge in [0.2, 0.25) is 5.91 Å². The summed E-state index contributed by atoms with van der Waals surface area (Å²) in [5.74, 6) is 0.414. The summed E-state index contributed by atoms with van der Waals surface area (Å²) in [5.41, 5.74) is 4.52. The van der Waals surface area contributed by atoms with E-state index >= 15 is 0 Å². The van der Waals surface area contributed by atoms with Crippen LogP contribution in [0.4, 0.5) is 0 Å². The largest absolute Gasteiger partial charge is 0.361 e. The lowest BCUT2D eigenvalue weighted by Gasteiger charge is -2.18. The number of nitrogens with zero attached hydrogens (tertiary/aromatic N) is 1. The van der Waals surface area contributed by atoms with Crippen LogP contribution in [-0.2, 0) is 17.6 Å². The molecule has 0 radical (unpaired) electrons. The molecule has 152 valence electrons. The van der Waals surface area contributed by atoms with Crippen LogP contribution in [-0.4, -0.2) is 20.9 Å². The lowest BCUT2D eigenvalue weighted by molar-refractivity contribution is -0.121. The lowest BCUT2D eigenvalue weighted by atomic mass is 10.0. The summed E-state index contributed by atoms with van der Waals surface area (Å²) in [7, 11) is 0. The smallest absolute Gasteiger partial charge is 0.251 e. The second-order valence-electron chi connectivity index (χ2n) is 7.60. The Labute approximate surface area is 174 Å². The minimum atomic E-state index is -0.414. The van der Waals surface area contributed by atoms with Gasteiger partial charge in [0.1, 0.15) is 5.82 Å². The minimum absolute atomic E-state index is 0.108. The average molecular weight is 400 g/mol. The van der Waals surface area contributed by atoms with Crippen molar-refractivity contribution in [3.05, 3.63) is 99.4 Å². The minimum Gasteiger partial charge on any atom is -0.361 e. The van der Waals surface area contributed by atoms with Crippen molar-refractivity contribution in [2.24, 2.45) is 0 Å². The Morgan fingerprint density at radius 1 is 1.10 bits per heavy atom. The summed E-state index contributed by atoms with van der Waals surface area (Å²) in [5, 5.41) is 4.18. The van der Waals surface area contributed by atoms with Gasteiger partial charge in [0.05, 0.1) is 18.2 Å². The van der Waals surface area contributed by atoms with Crippen LogP contribution in [0, 0.1) is 13.8 Å². The van der Waals surface area contributed by atoms with E-state index in [1.54, 1.807) is 6.92 Å². The van der Waals surface area contributed by atoms with E-state index < -0.39 is 6.04 Å². The van der Waals surface area contributed by atoms with E-state index in [-0.39, 0.29) is 17.9 Å². The van der Waals surface area contributed by atoms with Crippen LogP contribution in [0.2, 0.25) is 0 Å². The third kappa shape index (κ3) is 4.49. The van der Waals surface area contributed by atoms with Crippen LogP contribution in [0.15, 0.2) is 65.6 Å². The molecule has 2 heterocycles. The van der Waals surface area contributed by atoms with Gasteiger partial charge in [0.15, 0.2) is 0 Å². The van der Waals surface area contributed by atoms with E-state index in [1.165, 1.54) is 6.07 Å². The van der Waals surface area contributed by atoms with Gasteiger partial charge in [-0.05, 0) is 31.0 Å². The summed E-state index contributed by atoms with van der Waals surface area (Å²) in [4.78, 5) is 35.3. The Balaban J connectivity index is 1.62. The zero-order valence-electron chi connectivity index (χ0n) is 17.0. The Hall–Kier alpha value is -3.67. The number of nitrogens with one attached hydrogen (secondary N) is 3.